The van der Waals surface area contributed by atoms with Gasteiger partial charge in [0.1, 0.15) is 30.0 Å². The first-order valence-corrected chi connectivity index (χ1v) is 20.0. The summed E-state index contributed by atoms with van der Waals surface area (Å²) in [7, 11) is 0. The number of furan rings is 1. The normalized spacial score (nSPS) is 23.0. The monoisotopic (exact) mass is 757 g/mol. The summed E-state index contributed by atoms with van der Waals surface area (Å²) in [4.78, 5) is 55.6. The molecule has 2 saturated carbocycles. The lowest BCUT2D eigenvalue weighted by atomic mass is 9.76. The second-order valence-electron chi connectivity index (χ2n) is 16.0. The van der Waals surface area contributed by atoms with Crippen molar-refractivity contribution in [2.24, 2.45) is 23.7 Å². The summed E-state index contributed by atoms with van der Waals surface area (Å²) in [6.45, 7) is 10.2. The number of nitrogens with zero attached hydrogens (tertiary/aromatic N) is 1. The first-order valence-electron chi connectivity index (χ1n) is 20.0. The van der Waals surface area contributed by atoms with Crippen molar-refractivity contribution in [3.8, 4) is 0 Å². The van der Waals surface area contributed by atoms with Crippen LogP contribution >= 0.6 is 0 Å². The van der Waals surface area contributed by atoms with Crippen LogP contribution in [0.3, 0.4) is 0 Å². The summed E-state index contributed by atoms with van der Waals surface area (Å²) < 4.78 is 41.7. The number of amides is 3. The number of anilines is 1. The minimum absolute atomic E-state index is 0.0239. The Morgan fingerprint density at radius 1 is 0.926 bits per heavy atom. The highest BCUT2D eigenvalue weighted by Gasteiger charge is 2.47. The van der Waals surface area contributed by atoms with Crippen LogP contribution in [-0.2, 0) is 28.5 Å². The molecule has 2 aromatic rings. The molecule has 0 unspecified atom stereocenters. The van der Waals surface area contributed by atoms with Crippen molar-refractivity contribution >= 4 is 40.5 Å². The van der Waals surface area contributed by atoms with E-state index < -0.39 is 42.5 Å². The molecule has 300 valence electrons. The Morgan fingerprint density at radius 3 is 2.24 bits per heavy atom. The molecule has 3 fully saturated rings. The van der Waals surface area contributed by atoms with E-state index in [1.807, 2.05) is 13.8 Å². The molecule has 0 bridgehead atoms. The first kappa shape index (κ1) is 41.5. The minimum atomic E-state index is -0.709. The summed E-state index contributed by atoms with van der Waals surface area (Å²) in [5.41, 5.74) is 0.318. The molecule has 3 aliphatic rings. The lowest BCUT2D eigenvalue weighted by Crippen LogP contribution is -2.50. The van der Waals surface area contributed by atoms with Crippen LogP contribution in [0.15, 0.2) is 28.7 Å². The van der Waals surface area contributed by atoms with Gasteiger partial charge in [-0.2, -0.15) is 0 Å². The lowest BCUT2D eigenvalue weighted by molar-refractivity contribution is -0.142. The third-order valence-electron chi connectivity index (χ3n) is 11.1. The smallest absolute Gasteiger partial charge is 0.407 e. The quantitative estimate of drug-likeness (QED) is 0.177. The van der Waals surface area contributed by atoms with Crippen LogP contribution < -0.4 is 10.6 Å². The fourth-order valence-corrected chi connectivity index (χ4v) is 8.46. The molecule has 12 nitrogen and oxygen atoms in total. The van der Waals surface area contributed by atoms with E-state index in [4.69, 9.17) is 23.4 Å². The van der Waals surface area contributed by atoms with Gasteiger partial charge in [0.25, 0.3) is 0 Å². The van der Waals surface area contributed by atoms with Gasteiger partial charge in [0.15, 0.2) is 0 Å². The summed E-state index contributed by atoms with van der Waals surface area (Å²) in [6.07, 6.45) is 7.40. The van der Waals surface area contributed by atoms with E-state index in [0.717, 1.165) is 32.1 Å². The maximum Gasteiger partial charge on any atom is 0.407 e. The summed E-state index contributed by atoms with van der Waals surface area (Å²) in [5.74, 6) is -0.803. The molecule has 2 aliphatic carbocycles. The van der Waals surface area contributed by atoms with Gasteiger partial charge in [-0.15, -0.1) is 0 Å². The SMILES string of the molecule is CCOCC(COCC)OC(=O)c1cc2cc(NC(=O)[C@@H]3[C@H](C4CCCCC4)CCN3C(=O)C3CCC([C@@H](CF)NC(=O)OC(C)(C)C)CC3)ccc2o1. The summed E-state index contributed by atoms with van der Waals surface area (Å²) in [6, 6.07) is 5.51. The number of halogens is 1. The van der Waals surface area contributed by atoms with Crippen molar-refractivity contribution < 1.29 is 46.9 Å². The summed E-state index contributed by atoms with van der Waals surface area (Å²) in [5, 5.41) is 6.42. The van der Waals surface area contributed by atoms with Crippen molar-refractivity contribution in [2.75, 3.05) is 45.0 Å². The van der Waals surface area contributed by atoms with Crippen molar-refractivity contribution in [1.29, 1.82) is 0 Å². The van der Waals surface area contributed by atoms with Crippen molar-refractivity contribution in [3.63, 3.8) is 0 Å². The van der Waals surface area contributed by atoms with Crippen LogP contribution in [0.5, 0.6) is 0 Å². The van der Waals surface area contributed by atoms with Gasteiger partial charge in [-0.3, -0.25) is 9.59 Å². The predicted octanol–water partition coefficient (Wildman–Crippen LogP) is 7.44. The molecule has 13 heteroatoms. The zero-order valence-corrected chi connectivity index (χ0v) is 32.7. The van der Waals surface area contributed by atoms with Crippen LogP contribution in [0.4, 0.5) is 14.9 Å². The largest absolute Gasteiger partial charge is 0.452 e. The number of esters is 1. The fourth-order valence-electron chi connectivity index (χ4n) is 8.46. The predicted molar refractivity (Wildman–Crippen MR) is 202 cm³/mol. The maximum atomic E-state index is 14.3. The van der Waals surface area contributed by atoms with E-state index in [0.29, 0.717) is 68.0 Å². The number of rotatable bonds is 15. The van der Waals surface area contributed by atoms with Gasteiger partial charge in [-0.05, 0) is 109 Å². The Hall–Kier alpha value is -3.71. The standard InChI is InChI=1S/C41H60FN3O9/c1-6-50-24-31(25-51-7-2)52-39(48)35-22-29-21-30(17-18-34(29)53-35)43-37(46)36-32(26-11-9-8-10-12-26)19-20-45(36)38(47)28-15-13-27(14-16-28)33(23-42)44-40(49)54-41(3,4)5/h17-18,21-22,26-28,31-33,36H,6-16,19-20,23-25H2,1-5H3,(H,43,46)(H,44,49)/t27?,28?,32-,33+,36-/m0/s1. The summed E-state index contributed by atoms with van der Waals surface area (Å²) >= 11 is 0. The Balaban J connectivity index is 1.26. The number of nitrogens with one attached hydrogen (secondary N) is 2. The Kier molecular flexibility index (Phi) is 14.8. The van der Waals surface area contributed by atoms with Gasteiger partial charge < -0.3 is 38.9 Å². The molecule has 3 atom stereocenters. The second kappa shape index (κ2) is 19.2. The van der Waals surface area contributed by atoms with E-state index in [1.165, 1.54) is 6.42 Å². The van der Waals surface area contributed by atoms with E-state index in [-0.39, 0.29) is 48.5 Å². The molecule has 1 aliphatic heterocycles. The van der Waals surface area contributed by atoms with E-state index >= 15 is 0 Å². The van der Waals surface area contributed by atoms with Gasteiger partial charge in [-0.1, -0.05) is 32.1 Å². The lowest BCUT2D eigenvalue weighted by Gasteiger charge is -2.37. The molecule has 1 aromatic heterocycles. The maximum absolute atomic E-state index is 14.3. The molecule has 3 amide bonds. The van der Waals surface area contributed by atoms with Gasteiger partial charge in [0, 0.05) is 36.8 Å². The number of fused-ring (bicyclic) bond motifs is 1. The molecular formula is C41H60FN3O9. The van der Waals surface area contributed by atoms with Gasteiger partial charge in [0.2, 0.25) is 17.6 Å². The first-order chi connectivity index (χ1) is 25.9. The zero-order valence-electron chi connectivity index (χ0n) is 32.7. The highest BCUT2D eigenvalue weighted by Crippen LogP contribution is 2.41. The minimum Gasteiger partial charge on any atom is -0.452 e. The molecule has 1 saturated heterocycles. The molecule has 54 heavy (non-hydrogen) atoms. The van der Waals surface area contributed by atoms with Crippen LogP contribution in [0.25, 0.3) is 11.0 Å². The Morgan fingerprint density at radius 2 is 1.61 bits per heavy atom. The van der Waals surface area contributed by atoms with Crippen LogP contribution in [0.1, 0.15) is 109 Å². The second-order valence-corrected chi connectivity index (χ2v) is 16.0. The van der Waals surface area contributed by atoms with Crippen LogP contribution in [-0.4, -0.2) is 92.2 Å². The highest BCUT2D eigenvalue weighted by molar-refractivity contribution is 6.00. The van der Waals surface area contributed by atoms with Gasteiger partial charge in [0.05, 0.1) is 19.3 Å². The van der Waals surface area contributed by atoms with Crippen LogP contribution in [0, 0.1) is 23.7 Å². The van der Waals surface area contributed by atoms with Gasteiger partial charge >= 0.3 is 12.1 Å². The number of ether oxygens (including phenoxy) is 4. The fraction of sp³-hybridized carbons (Fsp3) is 0.707. The Labute approximate surface area is 318 Å². The number of carbonyl (C=O) groups excluding carboxylic acids is 4. The van der Waals surface area contributed by atoms with E-state index in [1.54, 1.807) is 49.9 Å². The van der Waals surface area contributed by atoms with Crippen molar-refractivity contribution in [2.45, 2.75) is 123 Å². The molecule has 5 rings (SSSR count). The number of carbonyl (C=O) groups is 4. The topological polar surface area (TPSA) is 146 Å². The molecule has 2 N–H and O–H groups in total. The zero-order chi connectivity index (χ0) is 38.8. The number of benzene rings is 1. The van der Waals surface area contributed by atoms with Crippen molar-refractivity contribution in [1.82, 2.24) is 10.2 Å². The number of hydrogen-bond acceptors (Lipinski definition) is 9. The number of likely N-dealkylation sites (tertiary alicyclic amines) is 1. The number of alkyl carbamates (subject to hydrolysis) is 1. The number of alkyl halides is 1. The third kappa shape index (κ3) is 11.0. The molecule has 0 radical (unpaired) electrons. The van der Waals surface area contributed by atoms with E-state index in [2.05, 4.69) is 10.6 Å². The average Bonchev–Trinajstić information content (AvgIpc) is 3.79. The average molecular weight is 758 g/mol. The molecular weight excluding hydrogens is 697 g/mol. The third-order valence-corrected chi connectivity index (χ3v) is 11.1. The Bertz CT molecular complexity index is 1550. The van der Waals surface area contributed by atoms with Gasteiger partial charge in [-0.25, -0.2) is 14.0 Å². The van der Waals surface area contributed by atoms with Crippen molar-refractivity contribution in [3.05, 3.63) is 30.0 Å². The molecule has 0 spiro atoms. The molecule has 1 aromatic carbocycles. The molecule has 2 heterocycles. The highest BCUT2D eigenvalue weighted by atomic mass is 19.1. The van der Waals surface area contributed by atoms with Crippen LogP contribution in [0.2, 0.25) is 0 Å². The van der Waals surface area contributed by atoms with E-state index in [9.17, 15) is 23.6 Å². The number of hydrogen-bond donors (Lipinski definition) is 2.